The lowest BCUT2D eigenvalue weighted by Gasteiger charge is -2.12. The molecule has 0 heterocycles. The minimum absolute atomic E-state index is 0.0424. The molecule has 0 bridgehead atoms. The molecule has 0 aliphatic rings. The van der Waals surface area contributed by atoms with E-state index in [9.17, 15) is 9.59 Å². The molecule has 0 atom stereocenters. The normalized spacial score (nSPS) is 11.1. The van der Waals surface area contributed by atoms with Crippen molar-refractivity contribution in [2.24, 2.45) is 0 Å². The number of nitrogens with one attached hydrogen (secondary N) is 2. The predicted octanol–water partition coefficient (Wildman–Crippen LogP) is 3.98. The maximum absolute atomic E-state index is 12.9. The molecule has 0 radical (unpaired) electrons. The second kappa shape index (κ2) is 14.4. The third kappa shape index (κ3) is 8.97. The van der Waals surface area contributed by atoms with Gasteiger partial charge in [-0.1, -0.05) is 24.3 Å². The molecule has 2 amide bonds. The number of carbonyl (C=O) groups is 2. The summed E-state index contributed by atoms with van der Waals surface area (Å²) < 4.78 is 16.6. The SMILES string of the molecule is COc1ccc(CCOc2ccc(C(=O)N/C(=C/c3ccc(OC(C)C)cc3)C(=O)NCCO)cc2)cc1. The first-order valence-electron chi connectivity index (χ1n) is 12.4. The molecule has 0 saturated carbocycles. The van der Waals surface area contributed by atoms with Crippen molar-refractivity contribution in [2.45, 2.75) is 26.4 Å². The predicted molar refractivity (Wildman–Crippen MR) is 146 cm³/mol. The van der Waals surface area contributed by atoms with Gasteiger partial charge in [-0.2, -0.15) is 0 Å². The van der Waals surface area contributed by atoms with Gasteiger partial charge in [0.15, 0.2) is 0 Å². The van der Waals surface area contributed by atoms with Crippen LogP contribution in [0.15, 0.2) is 78.5 Å². The van der Waals surface area contributed by atoms with Crippen molar-refractivity contribution in [3.05, 3.63) is 95.2 Å². The standard InChI is InChI=1S/C30H34N2O6/c1-21(2)38-27-12-6-23(7-13-27)20-28(30(35)31-17-18-33)32-29(34)24-8-14-26(15-9-24)37-19-16-22-4-10-25(36-3)11-5-22/h4-15,20-21,33H,16-19H2,1-3H3,(H,31,35)(H,32,34)/b28-20+. The Balaban J connectivity index is 1.63. The number of benzene rings is 3. The van der Waals surface area contributed by atoms with E-state index in [4.69, 9.17) is 19.3 Å². The highest BCUT2D eigenvalue weighted by atomic mass is 16.5. The van der Waals surface area contributed by atoms with Gasteiger partial charge in [-0.15, -0.1) is 0 Å². The monoisotopic (exact) mass is 518 g/mol. The van der Waals surface area contributed by atoms with Gasteiger partial charge < -0.3 is 30.0 Å². The van der Waals surface area contributed by atoms with Crippen molar-refractivity contribution in [2.75, 3.05) is 26.9 Å². The molecule has 0 unspecified atom stereocenters. The van der Waals surface area contributed by atoms with E-state index >= 15 is 0 Å². The van der Waals surface area contributed by atoms with Crippen molar-refractivity contribution in [1.82, 2.24) is 10.6 Å². The zero-order chi connectivity index (χ0) is 27.3. The van der Waals surface area contributed by atoms with Gasteiger partial charge in [0.2, 0.25) is 0 Å². The van der Waals surface area contributed by atoms with E-state index in [0.717, 1.165) is 17.7 Å². The van der Waals surface area contributed by atoms with Crippen molar-refractivity contribution in [1.29, 1.82) is 0 Å². The van der Waals surface area contributed by atoms with Crippen LogP contribution in [0.1, 0.15) is 35.3 Å². The lowest BCUT2D eigenvalue weighted by atomic mass is 10.1. The lowest BCUT2D eigenvalue weighted by molar-refractivity contribution is -0.117. The molecule has 3 aromatic rings. The molecule has 8 heteroatoms. The first kappa shape index (κ1) is 28.3. The fraction of sp³-hybridized carbons (Fsp3) is 0.267. The van der Waals surface area contributed by atoms with Crippen LogP contribution in [0.25, 0.3) is 6.08 Å². The smallest absolute Gasteiger partial charge is 0.267 e. The fourth-order valence-electron chi connectivity index (χ4n) is 3.48. The average molecular weight is 519 g/mol. The number of aliphatic hydroxyl groups is 1. The molecule has 3 N–H and O–H groups in total. The number of methoxy groups -OCH3 is 1. The topological polar surface area (TPSA) is 106 Å². The van der Waals surface area contributed by atoms with E-state index in [1.165, 1.54) is 0 Å². The molecule has 0 spiro atoms. The maximum Gasteiger partial charge on any atom is 0.267 e. The Bertz CT molecular complexity index is 1200. The van der Waals surface area contributed by atoms with Gasteiger partial charge in [0.25, 0.3) is 11.8 Å². The Morgan fingerprint density at radius 3 is 2.13 bits per heavy atom. The van der Waals surface area contributed by atoms with Crippen LogP contribution in [0.2, 0.25) is 0 Å². The van der Waals surface area contributed by atoms with E-state index in [0.29, 0.717) is 29.2 Å². The van der Waals surface area contributed by atoms with Gasteiger partial charge in [-0.05, 0) is 79.6 Å². The van der Waals surface area contributed by atoms with Crippen molar-refractivity contribution in [3.63, 3.8) is 0 Å². The van der Waals surface area contributed by atoms with E-state index in [-0.39, 0.29) is 25.0 Å². The molecule has 38 heavy (non-hydrogen) atoms. The molecule has 0 aliphatic heterocycles. The van der Waals surface area contributed by atoms with Crippen molar-refractivity contribution >= 4 is 17.9 Å². The first-order chi connectivity index (χ1) is 18.4. The van der Waals surface area contributed by atoms with Gasteiger partial charge in [-0.3, -0.25) is 9.59 Å². The molecular formula is C30H34N2O6. The second-order valence-corrected chi connectivity index (χ2v) is 8.70. The van der Waals surface area contributed by atoms with E-state index in [2.05, 4.69) is 10.6 Å². The fourth-order valence-corrected chi connectivity index (χ4v) is 3.48. The molecule has 3 rings (SSSR count). The molecular weight excluding hydrogens is 484 g/mol. The van der Waals surface area contributed by atoms with E-state index in [1.807, 2.05) is 38.1 Å². The minimum atomic E-state index is -0.506. The first-order valence-corrected chi connectivity index (χ1v) is 12.4. The summed E-state index contributed by atoms with van der Waals surface area (Å²) >= 11 is 0. The molecule has 0 aromatic heterocycles. The highest BCUT2D eigenvalue weighted by Crippen LogP contribution is 2.17. The van der Waals surface area contributed by atoms with Crippen LogP contribution in [-0.4, -0.2) is 49.9 Å². The molecule has 0 saturated heterocycles. The highest BCUT2D eigenvalue weighted by Gasteiger charge is 2.15. The summed E-state index contributed by atoms with van der Waals surface area (Å²) in [5.41, 5.74) is 2.26. The van der Waals surface area contributed by atoms with E-state index < -0.39 is 11.8 Å². The van der Waals surface area contributed by atoms with Crippen LogP contribution >= 0.6 is 0 Å². The maximum atomic E-state index is 12.9. The summed E-state index contributed by atoms with van der Waals surface area (Å²) in [4.78, 5) is 25.6. The van der Waals surface area contributed by atoms with E-state index in [1.54, 1.807) is 61.7 Å². The molecule has 0 aliphatic carbocycles. The summed E-state index contributed by atoms with van der Waals surface area (Å²) in [6.45, 7) is 4.21. The van der Waals surface area contributed by atoms with Crippen LogP contribution in [-0.2, 0) is 11.2 Å². The average Bonchev–Trinajstić information content (AvgIpc) is 2.92. The number of amides is 2. The quantitative estimate of drug-likeness (QED) is 0.296. The zero-order valence-electron chi connectivity index (χ0n) is 21.9. The summed E-state index contributed by atoms with van der Waals surface area (Å²) in [5.74, 6) is 1.20. The number of rotatable bonds is 13. The molecule has 200 valence electrons. The summed E-state index contributed by atoms with van der Waals surface area (Å²) in [5, 5.41) is 14.3. The zero-order valence-corrected chi connectivity index (χ0v) is 21.9. The number of aliphatic hydroxyl groups excluding tert-OH is 1. The summed E-state index contributed by atoms with van der Waals surface area (Å²) in [7, 11) is 1.63. The number of ether oxygens (including phenoxy) is 3. The highest BCUT2D eigenvalue weighted by molar-refractivity contribution is 6.05. The Labute approximate surface area is 223 Å². The number of hydrogen-bond donors (Lipinski definition) is 3. The Morgan fingerprint density at radius 1 is 0.895 bits per heavy atom. The second-order valence-electron chi connectivity index (χ2n) is 8.70. The van der Waals surface area contributed by atoms with Crippen LogP contribution in [0.5, 0.6) is 17.2 Å². The Hall–Kier alpha value is -4.30. The number of hydrogen-bond acceptors (Lipinski definition) is 6. The number of carbonyl (C=O) groups excluding carboxylic acids is 2. The lowest BCUT2D eigenvalue weighted by Crippen LogP contribution is -2.36. The molecule has 0 fully saturated rings. The molecule has 3 aromatic carbocycles. The van der Waals surface area contributed by atoms with Gasteiger partial charge in [0, 0.05) is 18.5 Å². The van der Waals surface area contributed by atoms with Crippen LogP contribution in [0, 0.1) is 0 Å². The van der Waals surface area contributed by atoms with Crippen LogP contribution in [0.4, 0.5) is 0 Å². The van der Waals surface area contributed by atoms with Crippen LogP contribution in [0.3, 0.4) is 0 Å². The van der Waals surface area contributed by atoms with Gasteiger partial charge in [0.1, 0.15) is 22.9 Å². The largest absolute Gasteiger partial charge is 0.497 e. The third-order valence-electron chi connectivity index (χ3n) is 5.39. The summed E-state index contributed by atoms with van der Waals surface area (Å²) in [6.07, 6.45) is 2.34. The third-order valence-corrected chi connectivity index (χ3v) is 5.39. The molecule has 8 nitrogen and oxygen atoms in total. The van der Waals surface area contributed by atoms with Crippen molar-refractivity contribution < 1.29 is 28.9 Å². The Morgan fingerprint density at radius 2 is 1.53 bits per heavy atom. The van der Waals surface area contributed by atoms with Gasteiger partial charge in [-0.25, -0.2) is 0 Å². The van der Waals surface area contributed by atoms with Crippen molar-refractivity contribution in [3.8, 4) is 17.2 Å². The summed E-state index contributed by atoms with van der Waals surface area (Å²) in [6, 6.07) is 21.7. The Kier molecular flexibility index (Phi) is 10.7. The van der Waals surface area contributed by atoms with Gasteiger partial charge in [0.05, 0.1) is 26.4 Å². The van der Waals surface area contributed by atoms with Crippen LogP contribution < -0.4 is 24.8 Å². The minimum Gasteiger partial charge on any atom is -0.497 e. The van der Waals surface area contributed by atoms with Gasteiger partial charge >= 0.3 is 0 Å².